The Morgan fingerprint density at radius 2 is 2.26 bits per heavy atom. The Kier molecular flexibility index (Phi) is 3.31. The molecule has 5 heteroatoms. The maximum absolute atomic E-state index is 5.85. The molecule has 98 valence electrons. The number of benzene rings is 1. The Morgan fingerprint density at radius 1 is 1.37 bits per heavy atom. The topological polar surface area (TPSA) is 54.2 Å². The minimum atomic E-state index is 0.180. The lowest BCUT2D eigenvalue weighted by Crippen LogP contribution is -2.50. The highest BCUT2D eigenvalue weighted by molar-refractivity contribution is 7.80. The van der Waals surface area contributed by atoms with Gasteiger partial charge in [0.25, 0.3) is 0 Å². The van der Waals surface area contributed by atoms with E-state index >= 15 is 0 Å². The molecule has 0 amide bonds. The molecule has 1 fully saturated rings. The maximum Gasteiger partial charge on any atom is 0.166 e. The quantitative estimate of drug-likeness (QED) is 0.769. The second-order valence-corrected chi connectivity index (χ2v) is 5.09. The van der Waals surface area contributed by atoms with E-state index in [0.29, 0.717) is 5.11 Å². The third kappa shape index (κ3) is 2.27. The number of aromatic nitrogens is 1. The zero-order chi connectivity index (χ0) is 13.2. The zero-order valence-electron chi connectivity index (χ0n) is 10.5. The Morgan fingerprint density at radius 3 is 3.11 bits per heavy atom. The van der Waals surface area contributed by atoms with Crippen LogP contribution in [0.3, 0.4) is 0 Å². The predicted molar refractivity (Wildman–Crippen MR) is 80.8 cm³/mol. The lowest BCUT2D eigenvalue weighted by atomic mass is 9.99. The van der Waals surface area contributed by atoms with Crippen LogP contribution in [0.5, 0.6) is 0 Å². The summed E-state index contributed by atoms with van der Waals surface area (Å²) in [4.78, 5) is 6.49. The number of rotatable bonds is 1. The van der Waals surface area contributed by atoms with Gasteiger partial charge in [0.15, 0.2) is 5.11 Å². The summed E-state index contributed by atoms with van der Waals surface area (Å²) < 4.78 is 0. The number of thiocarbonyl (C=S) groups is 1. The average molecular weight is 272 g/mol. The number of piperazine rings is 1. The predicted octanol–water partition coefficient (Wildman–Crippen LogP) is 1.42. The molecule has 4 nitrogen and oxygen atoms in total. The summed E-state index contributed by atoms with van der Waals surface area (Å²) in [6, 6.07) is 10.4. The molecule has 0 radical (unpaired) electrons. The van der Waals surface area contributed by atoms with Crippen LogP contribution in [-0.4, -0.2) is 34.6 Å². The van der Waals surface area contributed by atoms with Gasteiger partial charge in [0, 0.05) is 31.2 Å². The molecule has 0 spiro atoms. The van der Waals surface area contributed by atoms with Gasteiger partial charge in [-0.05, 0) is 29.9 Å². The molecule has 1 aromatic heterocycles. The number of pyridine rings is 1. The van der Waals surface area contributed by atoms with E-state index in [0.717, 1.165) is 25.2 Å². The molecular formula is C14H16N4S. The molecule has 1 unspecified atom stereocenters. The first-order valence-corrected chi connectivity index (χ1v) is 6.78. The average Bonchev–Trinajstić information content (AvgIpc) is 2.46. The molecule has 19 heavy (non-hydrogen) atoms. The summed E-state index contributed by atoms with van der Waals surface area (Å²) in [5.74, 6) is 0. The van der Waals surface area contributed by atoms with Crippen molar-refractivity contribution >= 4 is 28.2 Å². The van der Waals surface area contributed by atoms with Crippen LogP contribution in [0.15, 0.2) is 36.5 Å². The van der Waals surface area contributed by atoms with Gasteiger partial charge in [-0.15, -0.1) is 0 Å². The van der Waals surface area contributed by atoms with E-state index in [-0.39, 0.29) is 6.04 Å². The van der Waals surface area contributed by atoms with Crippen LogP contribution in [0.4, 0.5) is 0 Å². The van der Waals surface area contributed by atoms with Crippen molar-refractivity contribution in [3.05, 3.63) is 42.1 Å². The lowest BCUT2D eigenvalue weighted by Gasteiger charge is -2.37. The largest absolute Gasteiger partial charge is 0.376 e. The fourth-order valence-corrected chi connectivity index (χ4v) is 2.88. The molecule has 2 heterocycles. The van der Waals surface area contributed by atoms with E-state index in [1.807, 2.05) is 24.4 Å². The van der Waals surface area contributed by atoms with Gasteiger partial charge in [-0.25, -0.2) is 0 Å². The van der Waals surface area contributed by atoms with E-state index in [1.165, 1.54) is 10.9 Å². The monoisotopic (exact) mass is 272 g/mol. The first-order chi connectivity index (χ1) is 9.27. The van der Waals surface area contributed by atoms with Gasteiger partial charge in [-0.3, -0.25) is 4.98 Å². The van der Waals surface area contributed by atoms with Crippen LogP contribution >= 0.6 is 12.2 Å². The Hall–Kier alpha value is -1.72. The maximum atomic E-state index is 5.85. The second kappa shape index (κ2) is 5.11. The van der Waals surface area contributed by atoms with E-state index in [2.05, 4.69) is 27.3 Å². The van der Waals surface area contributed by atoms with Crippen LogP contribution in [0, 0.1) is 0 Å². The first-order valence-electron chi connectivity index (χ1n) is 6.38. The second-order valence-electron chi connectivity index (χ2n) is 4.67. The van der Waals surface area contributed by atoms with E-state index < -0.39 is 0 Å². The molecule has 0 saturated carbocycles. The SMILES string of the molecule is NC(=S)N1CCNCC1c1cccc2ncccc12. The molecule has 1 aliphatic rings. The van der Waals surface area contributed by atoms with Crippen LogP contribution in [0.25, 0.3) is 10.9 Å². The third-order valence-corrected chi connectivity index (χ3v) is 3.80. The van der Waals surface area contributed by atoms with Gasteiger partial charge < -0.3 is 16.0 Å². The van der Waals surface area contributed by atoms with Gasteiger partial charge in [-0.1, -0.05) is 18.2 Å². The van der Waals surface area contributed by atoms with Crippen LogP contribution in [0.2, 0.25) is 0 Å². The van der Waals surface area contributed by atoms with Gasteiger partial charge in [0.05, 0.1) is 11.6 Å². The van der Waals surface area contributed by atoms with E-state index in [4.69, 9.17) is 18.0 Å². The molecule has 1 aromatic carbocycles. The summed E-state index contributed by atoms with van der Waals surface area (Å²) in [6.45, 7) is 2.61. The molecule has 1 saturated heterocycles. The summed E-state index contributed by atoms with van der Waals surface area (Å²) in [5, 5.41) is 5.04. The molecular weight excluding hydrogens is 256 g/mol. The molecule has 0 bridgehead atoms. The van der Waals surface area contributed by atoms with E-state index in [1.54, 1.807) is 0 Å². The fourth-order valence-electron chi connectivity index (χ4n) is 2.66. The molecule has 3 N–H and O–H groups in total. The Balaban J connectivity index is 2.09. The van der Waals surface area contributed by atoms with Gasteiger partial charge in [-0.2, -0.15) is 0 Å². The fraction of sp³-hybridized carbons (Fsp3) is 0.286. The highest BCUT2D eigenvalue weighted by Gasteiger charge is 2.25. The van der Waals surface area contributed by atoms with Gasteiger partial charge in [0.2, 0.25) is 0 Å². The van der Waals surface area contributed by atoms with Crippen molar-refractivity contribution in [2.45, 2.75) is 6.04 Å². The molecule has 1 aliphatic heterocycles. The standard InChI is InChI=1S/C14H16N4S/c15-14(19)18-8-7-16-9-13(18)11-3-1-5-12-10(11)4-2-6-17-12/h1-6,13,16H,7-9H2,(H2,15,19). The molecule has 2 aromatic rings. The van der Waals surface area contributed by atoms with Crippen molar-refractivity contribution in [3.63, 3.8) is 0 Å². The van der Waals surface area contributed by atoms with Crippen LogP contribution in [-0.2, 0) is 0 Å². The van der Waals surface area contributed by atoms with Crippen molar-refractivity contribution in [3.8, 4) is 0 Å². The van der Waals surface area contributed by atoms with Crippen molar-refractivity contribution in [2.24, 2.45) is 5.73 Å². The summed E-state index contributed by atoms with van der Waals surface area (Å²) in [5.41, 5.74) is 8.09. The smallest absolute Gasteiger partial charge is 0.166 e. The molecule has 1 atom stereocenters. The number of nitrogens with zero attached hydrogens (tertiary/aromatic N) is 2. The number of hydrogen-bond acceptors (Lipinski definition) is 3. The summed E-state index contributed by atoms with van der Waals surface area (Å²) in [6.07, 6.45) is 1.82. The third-order valence-electron chi connectivity index (χ3n) is 3.56. The highest BCUT2D eigenvalue weighted by atomic mass is 32.1. The zero-order valence-corrected chi connectivity index (χ0v) is 11.4. The normalized spacial score (nSPS) is 19.6. The number of nitrogens with two attached hydrogens (primary N) is 1. The van der Waals surface area contributed by atoms with Crippen molar-refractivity contribution < 1.29 is 0 Å². The first kappa shape index (κ1) is 12.3. The number of hydrogen-bond donors (Lipinski definition) is 2. The van der Waals surface area contributed by atoms with E-state index in [9.17, 15) is 0 Å². The summed E-state index contributed by atoms with van der Waals surface area (Å²) in [7, 11) is 0. The van der Waals surface area contributed by atoms with Crippen LogP contribution in [0.1, 0.15) is 11.6 Å². The van der Waals surface area contributed by atoms with Gasteiger partial charge >= 0.3 is 0 Å². The molecule has 0 aliphatic carbocycles. The number of fused-ring (bicyclic) bond motifs is 1. The molecule has 3 rings (SSSR count). The minimum Gasteiger partial charge on any atom is -0.376 e. The Bertz CT molecular complexity index is 608. The van der Waals surface area contributed by atoms with Gasteiger partial charge in [0.1, 0.15) is 0 Å². The minimum absolute atomic E-state index is 0.180. The Labute approximate surface area is 117 Å². The van der Waals surface area contributed by atoms with Crippen molar-refractivity contribution in [2.75, 3.05) is 19.6 Å². The van der Waals surface area contributed by atoms with Crippen LogP contribution < -0.4 is 11.1 Å². The van der Waals surface area contributed by atoms with Crippen molar-refractivity contribution in [1.82, 2.24) is 15.2 Å². The summed E-state index contributed by atoms with van der Waals surface area (Å²) >= 11 is 5.18. The number of nitrogens with one attached hydrogen (secondary N) is 1. The van der Waals surface area contributed by atoms with Crippen molar-refractivity contribution in [1.29, 1.82) is 0 Å². The highest BCUT2D eigenvalue weighted by Crippen LogP contribution is 2.28. The lowest BCUT2D eigenvalue weighted by molar-refractivity contribution is 0.264.